The number of nitrogens with one attached hydrogen (secondary N) is 3. The predicted molar refractivity (Wildman–Crippen MR) is 198 cm³/mol. The van der Waals surface area contributed by atoms with Crippen molar-refractivity contribution in [3.05, 3.63) is 34.9 Å². The molecule has 1 aromatic rings. The number of carbonyl (C=O) groups excluding carboxylic acids is 3. The van der Waals surface area contributed by atoms with Crippen LogP contribution in [-0.4, -0.2) is 48.4 Å². The van der Waals surface area contributed by atoms with Crippen molar-refractivity contribution >= 4 is 23.7 Å². The number of carbonyl (C=O) groups is 4. The first-order valence-corrected chi connectivity index (χ1v) is 19.6. The van der Waals surface area contributed by atoms with Crippen molar-refractivity contribution in [2.45, 2.75) is 174 Å². The molecule has 1 aromatic carbocycles. The second kappa shape index (κ2) is 30.2. The zero-order valence-electron chi connectivity index (χ0n) is 30.6. The summed E-state index contributed by atoms with van der Waals surface area (Å²) in [7, 11) is 0. The van der Waals surface area contributed by atoms with Crippen molar-refractivity contribution < 1.29 is 24.3 Å². The van der Waals surface area contributed by atoms with Crippen LogP contribution in [0.4, 0.5) is 0 Å². The lowest BCUT2D eigenvalue weighted by atomic mass is 10.0. The van der Waals surface area contributed by atoms with Crippen molar-refractivity contribution in [1.29, 1.82) is 0 Å². The van der Waals surface area contributed by atoms with Crippen molar-refractivity contribution in [2.24, 2.45) is 0 Å². The van der Waals surface area contributed by atoms with Gasteiger partial charge in [-0.1, -0.05) is 142 Å². The maximum atomic E-state index is 13.1. The van der Waals surface area contributed by atoms with E-state index in [4.69, 9.17) is 5.11 Å². The first-order valence-electron chi connectivity index (χ1n) is 19.6. The van der Waals surface area contributed by atoms with Gasteiger partial charge in [-0.2, -0.15) is 0 Å². The molecule has 0 aliphatic carbocycles. The SMILES string of the molecule is CCCCCCCCCCNC(=O)c1cc(C(=O)NCCCCCCCCCC)cc(C(=O)NCCCCCCCCCCC(=O)O)c1. The number of aliphatic carboxylic acids is 1. The largest absolute Gasteiger partial charge is 0.481 e. The fourth-order valence-corrected chi connectivity index (χ4v) is 5.91. The zero-order chi connectivity index (χ0) is 35.1. The second-order valence-corrected chi connectivity index (χ2v) is 13.5. The number of carboxylic acid groups (broad SMARTS) is 1. The molecule has 0 aromatic heterocycles. The highest BCUT2D eigenvalue weighted by Crippen LogP contribution is 2.14. The number of amides is 3. The Morgan fingerprint density at radius 3 is 0.938 bits per heavy atom. The van der Waals surface area contributed by atoms with Gasteiger partial charge >= 0.3 is 5.97 Å². The van der Waals surface area contributed by atoms with Crippen LogP contribution in [0.15, 0.2) is 18.2 Å². The van der Waals surface area contributed by atoms with Crippen molar-refractivity contribution in [3.8, 4) is 0 Å². The molecule has 0 spiro atoms. The first kappa shape index (κ1) is 43.1. The van der Waals surface area contributed by atoms with E-state index >= 15 is 0 Å². The molecule has 4 N–H and O–H groups in total. The van der Waals surface area contributed by atoms with Gasteiger partial charge in [0.2, 0.25) is 0 Å². The van der Waals surface area contributed by atoms with Gasteiger partial charge in [-0.05, 0) is 43.9 Å². The van der Waals surface area contributed by atoms with E-state index in [0.717, 1.165) is 77.0 Å². The summed E-state index contributed by atoms with van der Waals surface area (Å²) in [4.78, 5) is 49.9. The molecule has 0 radical (unpaired) electrons. The van der Waals surface area contributed by atoms with Crippen LogP contribution in [0.1, 0.15) is 205 Å². The van der Waals surface area contributed by atoms with Gasteiger partial charge in [0.05, 0.1) is 0 Å². The Bertz CT molecular complexity index is 960. The van der Waals surface area contributed by atoms with Gasteiger partial charge in [-0.15, -0.1) is 0 Å². The van der Waals surface area contributed by atoms with Gasteiger partial charge in [0.1, 0.15) is 0 Å². The molecule has 48 heavy (non-hydrogen) atoms. The molecule has 1 rings (SSSR count). The minimum atomic E-state index is -0.727. The number of carboxylic acids is 1. The van der Waals surface area contributed by atoms with E-state index in [1.54, 1.807) is 18.2 Å². The number of hydrogen-bond donors (Lipinski definition) is 4. The fourth-order valence-electron chi connectivity index (χ4n) is 5.91. The Hall–Kier alpha value is -2.90. The topological polar surface area (TPSA) is 125 Å². The van der Waals surface area contributed by atoms with Gasteiger partial charge in [0, 0.05) is 42.7 Å². The monoisotopic (exact) mass is 672 g/mol. The maximum absolute atomic E-state index is 13.1. The van der Waals surface area contributed by atoms with Gasteiger partial charge < -0.3 is 21.1 Å². The average molecular weight is 672 g/mol. The van der Waals surface area contributed by atoms with Gasteiger partial charge in [0.25, 0.3) is 17.7 Å². The van der Waals surface area contributed by atoms with E-state index in [1.807, 2.05) is 0 Å². The summed E-state index contributed by atoms with van der Waals surface area (Å²) in [5.74, 6) is -1.52. The number of rotatable bonds is 32. The molecule has 0 fully saturated rings. The van der Waals surface area contributed by atoms with E-state index in [0.29, 0.717) is 36.3 Å². The zero-order valence-corrected chi connectivity index (χ0v) is 30.6. The molecule has 0 unspecified atom stereocenters. The number of benzene rings is 1. The highest BCUT2D eigenvalue weighted by molar-refractivity contribution is 6.04. The molecule has 274 valence electrons. The lowest BCUT2D eigenvalue weighted by Crippen LogP contribution is -2.29. The summed E-state index contributed by atoms with van der Waals surface area (Å²) in [5.41, 5.74) is 0.999. The van der Waals surface area contributed by atoms with Gasteiger partial charge in [0.15, 0.2) is 0 Å². The highest BCUT2D eigenvalue weighted by atomic mass is 16.4. The molecule has 0 heterocycles. The molecule has 0 saturated heterocycles. The number of hydrogen-bond acceptors (Lipinski definition) is 4. The third-order valence-electron chi connectivity index (χ3n) is 8.95. The fraction of sp³-hybridized carbons (Fsp3) is 0.750. The van der Waals surface area contributed by atoms with Gasteiger partial charge in [-0.25, -0.2) is 0 Å². The van der Waals surface area contributed by atoms with Crippen LogP contribution in [0.5, 0.6) is 0 Å². The van der Waals surface area contributed by atoms with E-state index in [-0.39, 0.29) is 24.1 Å². The molecule has 0 atom stereocenters. The van der Waals surface area contributed by atoms with E-state index in [9.17, 15) is 19.2 Å². The Morgan fingerprint density at radius 1 is 0.417 bits per heavy atom. The van der Waals surface area contributed by atoms with Crippen molar-refractivity contribution in [1.82, 2.24) is 16.0 Å². The van der Waals surface area contributed by atoms with Crippen LogP contribution < -0.4 is 16.0 Å². The second-order valence-electron chi connectivity index (χ2n) is 13.5. The van der Waals surface area contributed by atoms with Gasteiger partial charge in [-0.3, -0.25) is 19.2 Å². The lowest BCUT2D eigenvalue weighted by molar-refractivity contribution is -0.137. The third kappa shape index (κ3) is 23.4. The Labute approximate surface area is 292 Å². The van der Waals surface area contributed by atoms with Crippen molar-refractivity contribution in [2.75, 3.05) is 19.6 Å². The normalized spacial score (nSPS) is 11.0. The molecule has 8 nitrogen and oxygen atoms in total. The van der Waals surface area contributed by atoms with E-state index < -0.39 is 5.97 Å². The predicted octanol–water partition coefficient (Wildman–Crippen LogP) is 9.75. The quantitative estimate of drug-likeness (QED) is 0.0568. The van der Waals surface area contributed by atoms with Crippen LogP contribution in [0, 0.1) is 0 Å². The minimum Gasteiger partial charge on any atom is -0.481 e. The lowest BCUT2D eigenvalue weighted by Gasteiger charge is -2.12. The molecule has 0 saturated carbocycles. The Kier molecular flexibility index (Phi) is 27.1. The highest BCUT2D eigenvalue weighted by Gasteiger charge is 2.16. The first-order chi connectivity index (χ1) is 23.4. The Morgan fingerprint density at radius 2 is 0.667 bits per heavy atom. The van der Waals surface area contributed by atoms with Crippen LogP contribution in [-0.2, 0) is 4.79 Å². The maximum Gasteiger partial charge on any atom is 0.303 e. The standard InChI is InChI=1S/C40H69N3O5/c1-3-5-7-9-11-16-20-24-28-41-38(46)34-31-35(39(47)42-29-25-21-17-12-10-8-6-4-2)33-36(32-34)40(48)43-30-26-22-18-14-13-15-19-23-27-37(44)45/h31-33H,3-30H2,1-2H3,(H,41,46)(H,42,47)(H,43,48)(H,44,45). The van der Waals surface area contributed by atoms with E-state index in [1.165, 1.54) is 77.0 Å². The summed E-state index contributed by atoms with van der Waals surface area (Å²) >= 11 is 0. The van der Waals surface area contributed by atoms with Crippen LogP contribution in [0.2, 0.25) is 0 Å². The summed E-state index contributed by atoms with van der Waals surface area (Å²) in [6, 6.07) is 4.79. The smallest absolute Gasteiger partial charge is 0.303 e. The summed E-state index contributed by atoms with van der Waals surface area (Å²) in [6.45, 7) is 6.13. The average Bonchev–Trinajstić information content (AvgIpc) is 3.08. The molecule has 0 aliphatic rings. The minimum absolute atomic E-state index is 0.248. The molecule has 0 bridgehead atoms. The number of unbranched alkanes of at least 4 members (excludes halogenated alkanes) is 21. The molecule has 8 heteroatoms. The van der Waals surface area contributed by atoms with Crippen LogP contribution >= 0.6 is 0 Å². The van der Waals surface area contributed by atoms with Crippen LogP contribution in [0.25, 0.3) is 0 Å². The molecule has 3 amide bonds. The Balaban J connectivity index is 2.59. The molecule has 0 aliphatic heterocycles. The van der Waals surface area contributed by atoms with E-state index in [2.05, 4.69) is 29.8 Å². The molecular formula is C40H69N3O5. The molecular weight excluding hydrogens is 602 g/mol. The summed E-state index contributed by atoms with van der Waals surface area (Å²) < 4.78 is 0. The summed E-state index contributed by atoms with van der Waals surface area (Å²) in [6.07, 6.45) is 27.2. The summed E-state index contributed by atoms with van der Waals surface area (Å²) in [5, 5.41) is 17.7. The third-order valence-corrected chi connectivity index (χ3v) is 8.95. The van der Waals surface area contributed by atoms with Crippen LogP contribution in [0.3, 0.4) is 0 Å². The van der Waals surface area contributed by atoms with Crippen molar-refractivity contribution in [3.63, 3.8) is 0 Å².